The summed E-state index contributed by atoms with van der Waals surface area (Å²) in [6.45, 7) is -0.119. The Bertz CT molecular complexity index is 576. The van der Waals surface area contributed by atoms with Gasteiger partial charge in [-0.3, -0.25) is 29.0 Å². The summed E-state index contributed by atoms with van der Waals surface area (Å²) in [5.74, 6) is -1.06. The van der Waals surface area contributed by atoms with E-state index < -0.39 is 0 Å². The molecule has 0 aromatic rings. The van der Waals surface area contributed by atoms with E-state index in [-0.39, 0.29) is 49.9 Å². The van der Waals surface area contributed by atoms with Crippen LogP contribution in [0.2, 0.25) is 0 Å². The molecule has 1 aliphatic carbocycles. The zero-order valence-electron chi connectivity index (χ0n) is 13.2. The van der Waals surface area contributed by atoms with Crippen molar-refractivity contribution in [2.45, 2.75) is 25.7 Å². The highest BCUT2D eigenvalue weighted by molar-refractivity contribution is 6.19. The molecular formula is C16H20N2O6. The molecule has 3 aliphatic rings. The first-order valence-corrected chi connectivity index (χ1v) is 7.84. The van der Waals surface area contributed by atoms with Crippen LogP contribution >= 0.6 is 0 Å². The third kappa shape index (κ3) is 3.60. The van der Waals surface area contributed by atoms with Crippen LogP contribution in [0.25, 0.3) is 0 Å². The third-order valence-electron chi connectivity index (χ3n) is 4.02. The summed E-state index contributed by atoms with van der Waals surface area (Å²) in [5, 5.41) is 17.1. The summed E-state index contributed by atoms with van der Waals surface area (Å²) in [4.78, 5) is 46.9. The van der Waals surface area contributed by atoms with E-state index in [4.69, 9.17) is 10.2 Å². The summed E-state index contributed by atoms with van der Waals surface area (Å²) >= 11 is 0. The number of carbonyl (C=O) groups excluding carboxylic acids is 4. The van der Waals surface area contributed by atoms with Crippen molar-refractivity contribution >= 4 is 23.6 Å². The fraction of sp³-hybridized carbons (Fsp3) is 0.500. The van der Waals surface area contributed by atoms with Gasteiger partial charge < -0.3 is 10.2 Å². The van der Waals surface area contributed by atoms with Crippen LogP contribution in [0, 0.1) is 0 Å². The molecule has 8 nitrogen and oxygen atoms in total. The van der Waals surface area contributed by atoms with Crippen molar-refractivity contribution in [2.75, 3.05) is 26.3 Å². The standard InChI is InChI=1S/C10H13NO3.C6H7NO3/c12-6-5-11-9(13)7-3-1-2-4-8(7)10(11)14;8-4-3-7-5(9)1-2-6(7)10/h12H,1-6H2;1-2,8H,3-4H2. The van der Waals surface area contributed by atoms with Gasteiger partial charge in [-0.05, 0) is 25.7 Å². The van der Waals surface area contributed by atoms with Gasteiger partial charge in [0.1, 0.15) is 0 Å². The maximum absolute atomic E-state index is 11.7. The van der Waals surface area contributed by atoms with Crippen LogP contribution < -0.4 is 0 Å². The van der Waals surface area contributed by atoms with Crippen LogP contribution in [0.5, 0.6) is 0 Å². The maximum atomic E-state index is 11.7. The lowest BCUT2D eigenvalue weighted by Gasteiger charge is -2.12. The van der Waals surface area contributed by atoms with E-state index in [1.165, 1.54) is 12.2 Å². The van der Waals surface area contributed by atoms with Gasteiger partial charge in [-0.2, -0.15) is 0 Å². The Hall–Kier alpha value is -2.32. The Morgan fingerprint density at radius 1 is 0.750 bits per heavy atom. The smallest absolute Gasteiger partial charge is 0.257 e. The molecule has 0 fully saturated rings. The van der Waals surface area contributed by atoms with Gasteiger partial charge >= 0.3 is 0 Å². The Labute approximate surface area is 139 Å². The molecule has 2 heterocycles. The van der Waals surface area contributed by atoms with Crippen molar-refractivity contribution in [3.8, 4) is 0 Å². The molecule has 2 aliphatic heterocycles. The van der Waals surface area contributed by atoms with E-state index in [0.717, 1.165) is 35.5 Å². The van der Waals surface area contributed by atoms with Gasteiger partial charge in [-0.15, -0.1) is 0 Å². The Balaban J connectivity index is 0.000000185. The highest BCUT2D eigenvalue weighted by Crippen LogP contribution is 2.32. The van der Waals surface area contributed by atoms with Crippen LogP contribution in [0.1, 0.15) is 25.7 Å². The quantitative estimate of drug-likeness (QED) is 0.644. The van der Waals surface area contributed by atoms with Crippen molar-refractivity contribution in [1.82, 2.24) is 9.80 Å². The second-order valence-electron chi connectivity index (χ2n) is 5.53. The lowest BCUT2D eigenvalue weighted by atomic mass is 9.93. The Morgan fingerprint density at radius 3 is 1.58 bits per heavy atom. The molecular weight excluding hydrogens is 316 g/mol. The molecule has 0 bridgehead atoms. The number of hydrogen-bond donors (Lipinski definition) is 2. The zero-order chi connectivity index (χ0) is 17.7. The molecule has 0 unspecified atom stereocenters. The van der Waals surface area contributed by atoms with Crippen molar-refractivity contribution in [2.24, 2.45) is 0 Å². The van der Waals surface area contributed by atoms with E-state index in [0.29, 0.717) is 11.1 Å². The molecule has 0 aromatic carbocycles. The second kappa shape index (κ2) is 7.98. The van der Waals surface area contributed by atoms with Crippen molar-refractivity contribution in [3.63, 3.8) is 0 Å². The third-order valence-corrected chi connectivity index (χ3v) is 4.02. The number of hydrogen-bond acceptors (Lipinski definition) is 6. The number of aliphatic hydroxyl groups is 2. The number of imide groups is 2. The predicted octanol–water partition coefficient (Wildman–Crippen LogP) is -0.878. The van der Waals surface area contributed by atoms with Gasteiger partial charge in [0.15, 0.2) is 0 Å². The minimum absolute atomic E-state index is 0.0880. The number of amides is 4. The van der Waals surface area contributed by atoms with Crippen molar-refractivity contribution in [3.05, 3.63) is 23.3 Å². The first-order chi connectivity index (χ1) is 11.5. The van der Waals surface area contributed by atoms with E-state index in [9.17, 15) is 19.2 Å². The maximum Gasteiger partial charge on any atom is 0.257 e. The summed E-state index contributed by atoms with van der Waals surface area (Å²) in [7, 11) is 0. The lowest BCUT2D eigenvalue weighted by Crippen LogP contribution is -2.34. The molecule has 0 radical (unpaired) electrons. The van der Waals surface area contributed by atoms with Crippen LogP contribution in [-0.2, 0) is 19.2 Å². The van der Waals surface area contributed by atoms with Gasteiger partial charge in [0.25, 0.3) is 23.6 Å². The molecule has 2 N–H and O–H groups in total. The lowest BCUT2D eigenvalue weighted by molar-refractivity contribution is -0.139. The number of nitrogens with zero attached hydrogens (tertiary/aromatic N) is 2. The van der Waals surface area contributed by atoms with Crippen molar-refractivity contribution < 1.29 is 29.4 Å². The summed E-state index contributed by atoms with van der Waals surface area (Å²) in [6, 6.07) is 0. The Morgan fingerprint density at radius 2 is 1.17 bits per heavy atom. The highest BCUT2D eigenvalue weighted by atomic mass is 16.3. The number of carbonyl (C=O) groups is 4. The molecule has 3 rings (SSSR count). The first-order valence-electron chi connectivity index (χ1n) is 7.84. The number of β-amino-alcohol motifs (C(OH)–C–C–N with tert-alkyl or cyclic N) is 2. The molecule has 130 valence electrons. The summed E-state index contributed by atoms with van der Waals surface area (Å²) in [6.07, 6.45) is 5.81. The molecule has 8 heteroatoms. The second-order valence-corrected chi connectivity index (χ2v) is 5.53. The molecule has 0 saturated heterocycles. The molecule has 24 heavy (non-hydrogen) atoms. The highest BCUT2D eigenvalue weighted by Gasteiger charge is 2.38. The summed E-state index contributed by atoms with van der Waals surface area (Å²) in [5.41, 5.74) is 1.38. The fourth-order valence-corrected chi connectivity index (χ4v) is 2.85. The average molecular weight is 336 g/mol. The van der Waals surface area contributed by atoms with Gasteiger partial charge in [-0.25, -0.2) is 0 Å². The predicted molar refractivity (Wildman–Crippen MR) is 82.2 cm³/mol. The van der Waals surface area contributed by atoms with Gasteiger partial charge in [0.05, 0.1) is 26.3 Å². The minimum atomic E-state index is -0.348. The van der Waals surface area contributed by atoms with Crippen molar-refractivity contribution in [1.29, 1.82) is 0 Å². The number of aliphatic hydroxyl groups excluding tert-OH is 2. The average Bonchev–Trinajstić information content (AvgIpc) is 3.03. The SMILES string of the molecule is O=C1C2=C(CCCC2)C(=O)N1CCO.O=C1C=CC(=O)N1CCO. The number of rotatable bonds is 4. The topological polar surface area (TPSA) is 115 Å². The molecule has 0 saturated carbocycles. The fourth-order valence-electron chi connectivity index (χ4n) is 2.85. The molecule has 0 spiro atoms. The normalized spacial score (nSPS) is 19.9. The van der Waals surface area contributed by atoms with E-state index in [2.05, 4.69) is 0 Å². The molecule has 0 atom stereocenters. The van der Waals surface area contributed by atoms with Gasteiger partial charge in [0.2, 0.25) is 0 Å². The van der Waals surface area contributed by atoms with E-state index >= 15 is 0 Å². The monoisotopic (exact) mass is 336 g/mol. The minimum Gasteiger partial charge on any atom is -0.395 e. The first kappa shape index (κ1) is 18.0. The summed E-state index contributed by atoms with van der Waals surface area (Å²) < 4.78 is 0. The van der Waals surface area contributed by atoms with Gasteiger partial charge in [-0.1, -0.05) is 0 Å². The Kier molecular flexibility index (Phi) is 5.99. The van der Waals surface area contributed by atoms with E-state index in [1.54, 1.807) is 0 Å². The largest absolute Gasteiger partial charge is 0.395 e. The van der Waals surface area contributed by atoms with Crippen LogP contribution in [0.4, 0.5) is 0 Å². The molecule has 4 amide bonds. The van der Waals surface area contributed by atoms with Crippen LogP contribution in [-0.4, -0.2) is 69.9 Å². The molecule has 0 aromatic heterocycles. The zero-order valence-corrected chi connectivity index (χ0v) is 13.2. The van der Waals surface area contributed by atoms with Crippen LogP contribution in [0.15, 0.2) is 23.3 Å². The van der Waals surface area contributed by atoms with Gasteiger partial charge in [0, 0.05) is 23.3 Å². The van der Waals surface area contributed by atoms with E-state index in [1.807, 2.05) is 0 Å². The van der Waals surface area contributed by atoms with Crippen LogP contribution in [0.3, 0.4) is 0 Å².